The lowest BCUT2D eigenvalue weighted by Crippen LogP contribution is -2.47. The van der Waals surface area contributed by atoms with Crippen molar-refractivity contribution in [2.45, 2.75) is 33.4 Å². The number of anilines is 2. The SMILES string of the molecule is CC.CC1Oc2c(N3CCC3)c(F)cc3c(=O)c(C(=O)O)cn(c23)N1C.Nc1nccs1. The molecule has 0 amide bonds. The van der Waals surface area contributed by atoms with Gasteiger partial charge >= 0.3 is 5.97 Å². The minimum absolute atomic E-state index is 0.00502. The molecular formula is C21H26FN5O4S. The van der Waals surface area contributed by atoms with Crippen LogP contribution in [0.4, 0.5) is 15.2 Å². The second-order valence-electron chi connectivity index (χ2n) is 6.96. The summed E-state index contributed by atoms with van der Waals surface area (Å²) in [7, 11) is 1.72. The number of nitrogens with zero attached hydrogens (tertiary/aromatic N) is 4. The van der Waals surface area contributed by atoms with Crippen LogP contribution in [0.2, 0.25) is 0 Å². The normalized spacial score (nSPS) is 16.2. The van der Waals surface area contributed by atoms with E-state index in [1.807, 2.05) is 24.1 Å². The number of nitrogen functional groups attached to an aromatic ring is 1. The number of aromatic carboxylic acids is 1. The third-order valence-corrected chi connectivity index (χ3v) is 5.77. The van der Waals surface area contributed by atoms with Crippen LogP contribution in [-0.2, 0) is 0 Å². The quantitative estimate of drug-likeness (QED) is 0.596. The number of benzene rings is 1. The van der Waals surface area contributed by atoms with E-state index in [1.54, 1.807) is 29.9 Å². The molecule has 1 unspecified atom stereocenters. The Morgan fingerprint density at radius 3 is 2.53 bits per heavy atom. The molecule has 0 spiro atoms. The van der Waals surface area contributed by atoms with E-state index in [1.165, 1.54) is 17.5 Å². The van der Waals surface area contributed by atoms with Gasteiger partial charge in [0.1, 0.15) is 16.8 Å². The molecule has 1 atom stereocenters. The summed E-state index contributed by atoms with van der Waals surface area (Å²) < 4.78 is 22.1. The van der Waals surface area contributed by atoms with Crippen LogP contribution in [-0.4, -0.2) is 47.1 Å². The van der Waals surface area contributed by atoms with Gasteiger partial charge in [-0.3, -0.25) is 14.5 Å². The molecule has 1 aromatic carbocycles. The second kappa shape index (κ2) is 9.43. The average Bonchev–Trinajstić information content (AvgIpc) is 3.21. The number of aromatic nitrogens is 2. The zero-order valence-corrected chi connectivity index (χ0v) is 19.1. The maximum absolute atomic E-state index is 14.7. The lowest BCUT2D eigenvalue weighted by atomic mass is 10.1. The number of nitrogens with two attached hydrogens (primary N) is 1. The van der Waals surface area contributed by atoms with Crippen molar-refractivity contribution in [3.05, 3.63) is 45.4 Å². The van der Waals surface area contributed by atoms with Gasteiger partial charge in [-0.15, -0.1) is 11.3 Å². The molecule has 2 aliphatic rings. The summed E-state index contributed by atoms with van der Waals surface area (Å²) in [6.07, 6.45) is 3.48. The standard InChI is InChI=1S/C16H16FN3O4.C3H4N2S.C2H6/c1-8-18(2)20-7-10(16(22)23)14(21)9-6-11(17)13(19-4-3-5-19)15(24-8)12(9)20;4-3-5-1-2-6-3;1-2/h6-8H,3-5H2,1-2H3,(H,22,23);1-2H,(H2,4,5);1-2H3. The first kappa shape index (κ1) is 23.3. The number of hydrogen-bond acceptors (Lipinski definition) is 8. The van der Waals surface area contributed by atoms with E-state index in [4.69, 9.17) is 10.5 Å². The number of carbonyl (C=O) groups is 1. The van der Waals surface area contributed by atoms with E-state index < -0.39 is 29.0 Å². The van der Waals surface area contributed by atoms with Gasteiger partial charge in [0, 0.05) is 37.9 Å². The minimum Gasteiger partial charge on any atom is -0.477 e. The fraction of sp³-hybridized carbons (Fsp3) is 0.381. The molecule has 0 bridgehead atoms. The molecule has 3 N–H and O–H groups in total. The Morgan fingerprint density at radius 2 is 2.06 bits per heavy atom. The zero-order valence-electron chi connectivity index (χ0n) is 18.3. The van der Waals surface area contributed by atoms with Gasteiger partial charge in [-0.05, 0) is 19.4 Å². The number of pyridine rings is 1. The summed E-state index contributed by atoms with van der Waals surface area (Å²) >= 11 is 1.44. The molecule has 2 aromatic heterocycles. The van der Waals surface area contributed by atoms with E-state index in [0.717, 1.165) is 25.6 Å². The molecule has 2 aliphatic heterocycles. The molecule has 3 aromatic rings. The fourth-order valence-electron chi connectivity index (χ4n) is 3.40. The molecule has 32 heavy (non-hydrogen) atoms. The van der Waals surface area contributed by atoms with Gasteiger partial charge in [0.15, 0.2) is 22.9 Å². The van der Waals surface area contributed by atoms with Crippen molar-refractivity contribution in [2.75, 3.05) is 35.8 Å². The lowest BCUT2D eigenvalue weighted by Gasteiger charge is -2.40. The van der Waals surface area contributed by atoms with Gasteiger partial charge < -0.3 is 20.5 Å². The van der Waals surface area contributed by atoms with Crippen molar-refractivity contribution in [1.82, 2.24) is 9.66 Å². The van der Waals surface area contributed by atoms with Gasteiger partial charge in [0.05, 0.1) is 5.39 Å². The second-order valence-corrected chi connectivity index (χ2v) is 7.88. The monoisotopic (exact) mass is 463 g/mol. The molecule has 4 heterocycles. The molecule has 5 rings (SSSR count). The topological polar surface area (TPSA) is 114 Å². The van der Waals surface area contributed by atoms with E-state index in [9.17, 15) is 19.1 Å². The first-order valence-corrected chi connectivity index (χ1v) is 11.1. The van der Waals surface area contributed by atoms with E-state index in [0.29, 0.717) is 22.1 Å². The molecular weight excluding hydrogens is 437 g/mol. The minimum atomic E-state index is -1.34. The molecule has 1 saturated heterocycles. The predicted molar refractivity (Wildman–Crippen MR) is 124 cm³/mol. The lowest BCUT2D eigenvalue weighted by molar-refractivity contribution is 0.0694. The summed E-state index contributed by atoms with van der Waals surface area (Å²) in [5.41, 5.74) is 4.81. The summed E-state index contributed by atoms with van der Waals surface area (Å²) in [6.45, 7) is 7.22. The number of hydrogen-bond donors (Lipinski definition) is 2. The summed E-state index contributed by atoms with van der Waals surface area (Å²) in [4.78, 5) is 29.4. The number of halogens is 1. The Kier molecular flexibility index (Phi) is 6.87. The fourth-order valence-corrected chi connectivity index (χ4v) is 3.78. The molecule has 11 heteroatoms. The third-order valence-electron chi connectivity index (χ3n) is 5.16. The van der Waals surface area contributed by atoms with E-state index in [-0.39, 0.29) is 5.39 Å². The number of ether oxygens (including phenoxy) is 1. The Balaban J connectivity index is 0.000000309. The number of rotatable bonds is 2. The van der Waals surface area contributed by atoms with Crippen molar-refractivity contribution >= 4 is 39.0 Å². The maximum atomic E-state index is 14.7. The summed E-state index contributed by atoms with van der Waals surface area (Å²) in [5.74, 6) is -1.61. The summed E-state index contributed by atoms with van der Waals surface area (Å²) in [6, 6.07) is 1.12. The third kappa shape index (κ3) is 4.07. The number of carboxylic acids is 1. The largest absolute Gasteiger partial charge is 0.477 e. The summed E-state index contributed by atoms with van der Waals surface area (Å²) in [5, 5.41) is 13.4. The van der Waals surface area contributed by atoms with Gasteiger partial charge in [0.2, 0.25) is 5.43 Å². The first-order valence-electron chi connectivity index (χ1n) is 10.2. The van der Waals surface area contributed by atoms with Gasteiger partial charge in [-0.25, -0.2) is 14.2 Å². The molecule has 0 radical (unpaired) electrons. The van der Waals surface area contributed by atoms with Crippen LogP contribution in [0.5, 0.6) is 5.75 Å². The highest BCUT2D eigenvalue weighted by molar-refractivity contribution is 7.13. The van der Waals surface area contributed by atoms with Gasteiger partial charge in [-0.1, -0.05) is 13.8 Å². The zero-order chi connectivity index (χ0) is 23.6. The smallest absolute Gasteiger partial charge is 0.341 e. The van der Waals surface area contributed by atoms with Crippen LogP contribution in [0, 0.1) is 5.82 Å². The molecule has 0 aliphatic carbocycles. The van der Waals surface area contributed by atoms with Crippen LogP contribution in [0.1, 0.15) is 37.6 Å². The Hall–Kier alpha value is -3.34. The Morgan fingerprint density at radius 1 is 1.38 bits per heavy atom. The van der Waals surface area contributed by atoms with Crippen molar-refractivity contribution in [2.24, 2.45) is 0 Å². The predicted octanol–water partition coefficient (Wildman–Crippen LogP) is 3.11. The van der Waals surface area contributed by atoms with Gasteiger partial charge in [-0.2, -0.15) is 0 Å². The molecule has 1 fully saturated rings. The van der Waals surface area contributed by atoms with Crippen molar-refractivity contribution in [3.8, 4) is 5.75 Å². The van der Waals surface area contributed by atoms with Gasteiger partial charge in [0.25, 0.3) is 0 Å². The maximum Gasteiger partial charge on any atom is 0.341 e. The van der Waals surface area contributed by atoms with Crippen LogP contribution in [0.3, 0.4) is 0 Å². The average molecular weight is 464 g/mol. The highest BCUT2D eigenvalue weighted by atomic mass is 32.1. The Labute approximate surface area is 188 Å². The van der Waals surface area contributed by atoms with Crippen molar-refractivity contribution in [3.63, 3.8) is 0 Å². The van der Waals surface area contributed by atoms with Crippen LogP contribution >= 0.6 is 11.3 Å². The molecule has 172 valence electrons. The number of thiazole rings is 1. The number of carboxylic acid groups (broad SMARTS) is 1. The highest BCUT2D eigenvalue weighted by Crippen LogP contribution is 2.42. The van der Waals surface area contributed by atoms with E-state index in [2.05, 4.69) is 4.98 Å². The van der Waals surface area contributed by atoms with Crippen molar-refractivity contribution < 1.29 is 19.0 Å². The van der Waals surface area contributed by atoms with Crippen LogP contribution < -0.4 is 25.8 Å². The van der Waals surface area contributed by atoms with Crippen LogP contribution in [0.15, 0.2) is 28.6 Å². The molecule has 0 saturated carbocycles. The molecule has 9 nitrogen and oxygen atoms in total. The Bertz CT molecular complexity index is 1180. The van der Waals surface area contributed by atoms with Crippen molar-refractivity contribution in [1.29, 1.82) is 0 Å². The van der Waals surface area contributed by atoms with Crippen LogP contribution in [0.25, 0.3) is 10.9 Å². The highest BCUT2D eigenvalue weighted by Gasteiger charge is 2.33. The van der Waals surface area contributed by atoms with E-state index >= 15 is 0 Å². The first-order chi connectivity index (χ1) is 15.3.